The number of anilines is 1. The third-order valence-electron chi connectivity index (χ3n) is 3.79. The second kappa shape index (κ2) is 9.12. The van der Waals surface area contributed by atoms with Crippen LogP contribution in [0, 0.1) is 0 Å². The Kier molecular flexibility index (Phi) is 6.86. The first-order valence-electron chi connectivity index (χ1n) is 8.21. The monoisotopic (exact) mass is 395 g/mol. The first-order valence-corrected chi connectivity index (χ1v) is 8.21. The molecule has 0 aliphatic rings. The van der Waals surface area contributed by atoms with Crippen molar-refractivity contribution in [2.75, 3.05) is 26.1 Å². The Morgan fingerprint density at radius 2 is 1.79 bits per heavy atom. The van der Waals surface area contributed by atoms with Crippen molar-refractivity contribution in [2.45, 2.75) is 13.1 Å². The molecule has 6 nitrogen and oxygen atoms in total. The van der Waals surface area contributed by atoms with Crippen LogP contribution in [0.2, 0.25) is 0 Å². The number of alkyl halides is 3. The minimum atomic E-state index is -4.44. The number of hydrogen-bond acceptors (Lipinski definition) is 5. The van der Waals surface area contributed by atoms with E-state index in [0.29, 0.717) is 22.8 Å². The average Bonchev–Trinajstić information content (AvgIpc) is 2.69. The molecule has 2 rings (SSSR count). The highest BCUT2D eigenvalue weighted by atomic mass is 19.4. The zero-order chi connectivity index (χ0) is 20.7. The fraction of sp³-hybridized carbons (Fsp3) is 0.263. The van der Waals surface area contributed by atoms with Crippen molar-refractivity contribution in [3.63, 3.8) is 0 Å². The molecule has 28 heavy (non-hydrogen) atoms. The predicted octanol–water partition coefficient (Wildman–Crippen LogP) is 3.67. The van der Waals surface area contributed by atoms with Crippen LogP contribution in [0.4, 0.5) is 18.9 Å². The van der Waals surface area contributed by atoms with E-state index in [0.717, 1.165) is 12.1 Å². The molecular formula is C19H20F3N3O3. The van der Waals surface area contributed by atoms with Gasteiger partial charge in [-0.25, -0.2) is 5.43 Å². The van der Waals surface area contributed by atoms with Gasteiger partial charge in [0, 0.05) is 11.3 Å². The first kappa shape index (κ1) is 21.1. The summed E-state index contributed by atoms with van der Waals surface area (Å²) in [6.45, 7) is 1.46. The molecular weight excluding hydrogens is 375 g/mol. The van der Waals surface area contributed by atoms with Gasteiger partial charge in [-0.1, -0.05) is 6.07 Å². The molecule has 1 amide bonds. The lowest BCUT2D eigenvalue weighted by Gasteiger charge is -2.11. The van der Waals surface area contributed by atoms with Crippen LogP contribution in [0.5, 0.6) is 11.5 Å². The Morgan fingerprint density at radius 3 is 2.43 bits per heavy atom. The highest BCUT2D eigenvalue weighted by Gasteiger charge is 2.30. The molecule has 2 N–H and O–H groups in total. The van der Waals surface area contributed by atoms with Gasteiger partial charge in [-0.15, -0.1) is 0 Å². The Bertz CT molecular complexity index is 867. The van der Waals surface area contributed by atoms with E-state index in [1.54, 1.807) is 25.1 Å². The number of halogens is 3. The van der Waals surface area contributed by atoms with Gasteiger partial charge >= 0.3 is 6.18 Å². The topological polar surface area (TPSA) is 72.0 Å². The minimum Gasteiger partial charge on any atom is -0.493 e. The largest absolute Gasteiger partial charge is 0.493 e. The molecule has 9 heteroatoms. The Balaban J connectivity index is 1.96. The first-order chi connectivity index (χ1) is 13.2. The van der Waals surface area contributed by atoms with E-state index in [1.807, 2.05) is 0 Å². The van der Waals surface area contributed by atoms with E-state index in [1.165, 1.54) is 26.4 Å². The van der Waals surface area contributed by atoms with Crippen molar-refractivity contribution in [3.8, 4) is 11.5 Å². The molecule has 0 saturated carbocycles. The van der Waals surface area contributed by atoms with E-state index >= 15 is 0 Å². The second-order valence-corrected chi connectivity index (χ2v) is 5.73. The summed E-state index contributed by atoms with van der Waals surface area (Å²) in [6, 6.07) is 9.79. The van der Waals surface area contributed by atoms with E-state index < -0.39 is 17.6 Å². The highest BCUT2D eigenvalue weighted by Crippen LogP contribution is 2.30. The standard InChI is InChI=1S/C19H20F3N3O3/c1-12(13-7-8-16(27-2)17(9-13)28-3)24-25-18(26)11-23-15-6-4-5-14(10-15)19(20,21)22/h4-10,23H,11H2,1-3H3,(H,25,26)/b24-12-. The average molecular weight is 395 g/mol. The number of nitrogens with zero attached hydrogens (tertiary/aromatic N) is 1. The number of nitrogens with one attached hydrogen (secondary N) is 2. The Hall–Kier alpha value is -3.23. The van der Waals surface area contributed by atoms with Gasteiger partial charge in [0.05, 0.1) is 32.0 Å². The van der Waals surface area contributed by atoms with E-state index in [-0.39, 0.29) is 12.2 Å². The smallest absolute Gasteiger partial charge is 0.416 e. The van der Waals surface area contributed by atoms with Crippen LogP contribution in [-0.2, 0) is 11.0 Å². The number of carbonyl (C=O) groups is 1. The number of ether oxygens (including phenoxy) is 2. The van der Waals surface area contributed by atoms with Gasteiger partial charge in [-0.3, -0.25) is 4.79 Å². The van der Waals surface area contributed by atoms with Crippen molar-refractivity contribution in [1.29, 1.82) is 0 Å². The Labute approximate surface area is 160 Å². The van der Waals surface area contributed by atoms with Crippen LogP contribution in [0.15, 0.2) is 47.6 Å². The molecule has 150 valence electrons. The third kappa shape index (κ3) is 5.63. The molecule has 2 aromatic carbocycles. The predicted molar refractivity (Wildman–Crippen MR) is 99.8 cm³/mol. The van der Waals surface area contributed by atoms with E-state index in [9.17, 15) is 18.0 Å². The fourth-order valence-corrected chi connectivity index (χ4v) is 2.30. The van der Waals surface area contributed by atoms with E-state index in [4.69, 9.17) is 9.47 Å². The van der Waals surface area contributed by atoms with Gasteiger partial charge in [0.2, 0.25) is 0 Å². The fourth-order valence-electron chi connectivity index (χ4n) is 2.30. The number of carbonyl (C=O) groups excluding carboxylic acids is 1. The van der Waals surface area contributed by atoms with Gasteiger partial charge in [-0.2, -0.15) is 18.3 Å². The van der Waals surface area contributed by atoms with Crippen molar-refractivity contribution in [2.24, 2.45) is 5.10 Å². The molecule has 0 heterocycles. The second-order valence-electron chi connectivity index (χ2n) is 5.73. The summed E-state index contributed by atoms with van der Waals surface area (Å²) in [6.07, 6.45) is -4.44. The molecule has 0 aliphatic carbocycles. The number of hydrazone groups is 1. The summed E-state index contributed by atoms with van der Waals surface area (Å²) in [7, 11) is 3.03. The van der Waals surface area contributed by atoms with Gasteiger partial charge < -0.3 is 14.8 Å². The SMILES string of the molecule is COc1ccc(/C(C)=N\NC(=O)CNc2cccc(C(F)(F)F)c2)cc1OC. The highest BCUT2D eigenvalue weighted by molar-refractivity contribution is 5.99. The maximum absolute atomic E-state index is 12.7. The Morgan fingerprint density at radius 1 is 1.07 bits per heavy atom. The van der Waals surface area contributed by atoms with Crippen LogP contribution >= 0.6 is 0 Å². The molecule has 0 spiro atoms. The molecule has 0 unspecified atom stereocenters. The summed E-state index contributed by atoms with van der Waals surface area (Å²) in [5.74, 6) is 0.581. The normalized spacial score (nSPS) is 11.7. The quantitative estimate of drug-likeness (QED) is 0.554. The maximum Gasteiger partial charge on any atom is 0.416 e. The van der Waals surface area contributed by atoms with Crippen LogP contribution in [-0.4, -0.2) is 32.4 Å². The number of amides is 1. The van der Waals surface area contributed by atoms with Gasteiger partial charge in [0.25, 0.3) is 5.91 Å². The molecule has 2 aromatic rings. The molecule has 0 bridgehead atoms. The zero-order valence-corrected chi connectivity index (χ0v) is 15.6. The van der Waals surface area contributed by atoms with Crippen LogP contribution in [0.25, 0.3) is 0 Å². The molecule has 0 atom stereocenters. The van der Waals surface area contributed by atoms with Crippen molar-refractivity contribution in [3.05, 3.63) is 53.6 Å². The summed E-state index contributed by atoms with van der Waals surface area (Å²) < 4.78 is 48.5. The van der Waals surface area contributed by atoms with Crippen LogP contribution in [0.1, 0.15) is 18.1 Å². The summed E-state index contributed by atoms with van der Waals surface area (Å²) in [5, 5.41) is 6.63. The maximum atomic E-state index is 12.7. The third-order valence-corrected chi connectivity index (χ3v) is 3.79. The van der Waals surface area contributed by atoms with Gasteiger partial charge in [0.1, 0.15) is 0 Å². The van der Waals surface area contributed by atoms with Gasteiger partial charge in [0.15, 0.2) is 11.5 Å². The number of rotatable bonds is 7. The van der Waals surface area contributed by atoms with Crippen molar-refractivity contribution in [1.82, 2.24) is 5.43 Å². The number of methoxy groups -OCH3 is 2. The molecule has 0 saturated heterocycles. The molecule has 0 aliphatic heterocycles. The van der Waals surface area contributed by atoms with E-state index in [2.05, 4.69) is 15.8 Å². The lowest BCUT2D eigenvalue weighted by molar-refractivity contribution is -0.137. The van der Waals surface area contributed by atoms with Crippen LogP contribution < -0.4 is 20.2 Å². The van der Waals surface area contributed by atoms with Crippen LogP contribution in [0.3, 0.4) is 0 Å². The summed E-state index contributed by atoms with van der Waals surface area (Å²) in [5.41, 5.74) is 2.98. The lowest BCUT2D eigenvalue weighted by atomic mass is 10.1. The van der Waals surface area contributed by atoms with Crippen molar-refractivity contribution < 1.29 is 27.4 Å². The van der Waals surface area contributed by atoms with Crippen molar-refractivity contribution >= 4 is 17.3 Å². The van der Waals surface area contributed by atoms with Gasteiger partial charge in [-0.05, 0) is 43.3 Å². The lowest BCUT2D eigenvalue weighted by Crippen LogP contribution is -2.26. The summed E-state index contributed by atoms with van der Waals surface area (Å²) in [4.78, 5) is 11.9. The molecule has 0 aromatic heterocycles. The number of benzene rings is 2. The molecule has 0 radical (unpaired) electrons. The minimum absolute atomic E-state index is 0.186. The zero-order valence-electron chi connectivity index (χ0n) is 15.6. The summed E-state index contributed by atoms with van der Waals surface area (Å²) >= 11 is 0. The number of hydrogen-bond donors (Lipinski definition) is 2. The molecule has 0 fully saturated rings.